The average molecular weight is 476 g/mol. The normalized spacial score (nSPS) is 17.5. The number of hydrogen-bond donors (Lipinski definition) is 1. The molecule has 3 aromatic rings. The van der Waals surface area contributed by atoms with Gasteiger partial charge in [-0.1, -0.05) is 13.0 Å². The van der Waals surface area contributed by atoms with E-state index in [-0.39, 0.29) is 17.9 Å². The topological polar surface area (TPSA) is 96.3 Å². The Hall–Kier alpha value is -3.33. The van der Waals surface area contributed by atoms with Crippen LogP contribution in [0.1, 0.15) is 60.8 Å². The van der Waals surface area contributed by atoms with E-state index in [0.717, 1.165) is 36.0 Å². The van der Waals surface area contributed by atoms with Gasteiger partial charge in [-0.2, -0.15) is 9.78 Å². The van der Waals surface area contributed by atoms with E-state index in [4.69, 9.17) is 10.1 Å². The Morgan fingerprint density at radius 1 is 1.17 bits per heavy atom. The fraction of sp³-hybridized carbons (Fsp3) is 0.500. The summed E-state index contributed by atoms with van der Waals surface area (Å²) in [7, 11) is 0. The number of nitrogens with zero attached hydrogens (tertiary/aromatic N) is 6. The molecule has 1 saturated carbocycles. The van der Waals surface area contributed by atoms with Gasteiger partial charge in [-0.05, 0) is 51.3 Å². The molecular weight excluding hydrogens is 442 g/mol. The van der Waals surface area contributed by atoms with Gasteiger partial charge in [-0.3, -0.25) is 14.5 Å². The maximum absolute atomic E-state index is 13.8. The van der Waals surface area contributed by atoms with Crippen molar-refractivity contribution in [2.24, 2.45) is 0 Å². The molecule has 35 heavy (non-hydrogen) atoms. The molecule has 2 fully saturated rings. The number of aryl methyl sites for hydroxylation is 1. The zero-order chi connectivity index (χ0) is 24.5. The van der Waals surface area contributed by atoms with Crippen LogP contribution >= 0.6 is 0 Å². The lowest BCUT2D eigenvalue weighted by atomic mass is 10.1. The molecule has 1 saturated heterocycles. The summed E-state index contributed by atoms with van der Waals surface area (Å²) in [5.41, 5.74) is 3.08. The first kappa shape index (κ1) is 23.4. The highest BCUT2D eigenvalue weighted by atomic mass is 16.2. The molecule has 5 rings (SSSR count). The largest absolute Gasteiger partial charge is 0.353 e. The van der Waals surface area contributed by atoms with Crippen molar-refractivity contribution in [2.45, 2.75) is 52.0 Å². The van der Waals surface area contributed by atoms with E-state index in [1.165, 1.54) is 0 Å². The van der Waals surface area contributed by atoms with Gasteiger partial charge in [0.15, 0.2) is 11.5 Å². The van der Waals surface area contributed by atoms with Gasteiger partial charge >= 0.3 is 0 Å². The summed E-state index contributed by atoms with van der Waals surface area (Å²) in [5, 5.41) is 8.52. The number of hydrogen-bond acceptors (Lipinski definition) is 6. The smallest absolute Gasteiger partial charge is 0.254 e. The summed E-state index contributed by atoms with van der Waals surface area (Å²) >= 11 is 0. The molecule has 184 valence electrons. The van der Waals surface area contributed by atoms with Gasteiger partial charge in [-0.15, -0.1) is 0 Å². The number of amides is 2. The van der Waals surface area contributed by atoms with Crippen LogP contribution in [0.3, 0.4) is 0 Å². The first-order valence-corrected chi connectivity index (χ1v) is 12.6. The third kappa shape index (κ3) is 4.91. The van der Waals surface area contributed by atoms with Crippen LogP contribution in [0.4, 0.5) is 0 Å². The van der Waals surface area contributed by atoms with Crippen molar-refractivity contribution in [1.82, 2.24) is 34.9 Å². The molecule has 0 aromatic carbocycles. The molecule has 0 spiro atoms. The molecule has 1 atom stereocenters. The van der Waals surface area contributed by atoms with Crippen molar-refractivity contribution < 1.29 is 9.59 Å². The number of piperazine rings is 1. The van der Waals surface area contributed by atoms with Crippen molar-refractivity contribution in [3.63, 3.8) is 0 Å². The lowest BCUT2D eigenvalue weighted by Gasteiger charge is -2.34. The van der Waals surface area contributed by atoms with Crippen LogP contribution < -0.4 is 5.32 Å². The molecule has 2 aliphatic rings. The quantitative estimate of drug-likeness (QED) is 0.564. The molecule has 1 N–H and O–H groups in total. The van der Waals surface area contributed by atoms with Crippen molar-refractivity contribution in [3.8, 4) is 5.82 Å². The van der Waals surface area contributed by atoms with Crippen molar-refractivity contribution in [2.75, 3.05) is 32.7 Å². The van der Waals surface area contributed by atoms with Crippen LogP contribution in [0.5, 0.6) is 0 Å². The number of carbonyl (C=O) groups excluding carboxylic acids is 2. The van der Waals surface area contributed by atoms with Crippen LogP contribution in [-0.2, 0) is 4.79 Å². The monoisotopic (exact) mass is 475 g/mol. The minimum absolute atomic E-state index is 0.00618. The number of pyridine rings is 2. The predicted molar refractivity (Wildman–Crippen MR) is 134 cm³/mol. The Labute approximate surface area is 205 Å². The number of aromatic nitrogens is 4. The van der Waals surface area contributed by atoms with Gasteiger partial charge in [0.05, 0.1) is 23.2 Å². The zero-order valence-electron chi connectivity index (χ0n) is 20.7. The summed E-state index contributed by atoms with van der Waals surface area (Å²) in [6, 6.07) is 7.84. The van der Waals surface area contributed by atoms with Crippen molar-refractivity contribution in [3.05, 3.63) is 47.4 Å². The molecule has 3 aromatic heterocycles. The van der Waals surface area contributed by atoms with Gasteiger partial charge in [0.1, 0.15) is 0 Å². The van der Waals surface area contributed by atoms with Gasteiger partial charge in [0, 0.05) is 50.0 Å². The molecule has 1 aliphatic carbocycles. The Bertz CT molecular complexity index is 1230. The second-order valence-corrected chi connectivity index (χ2v) is 9.70. The van der Waals surface area contributed by atoms with E-state index >= 15 is 0 Å². The number of carbonyl (C=O) groups is 2. The first-order chi connectivity index (χ1) is 16.9. The molecule has 1 unspecified atom stereocenters. The van der Waals surface area contributed by atoms with Crippen molar-refractivity contribution in [1.29, 1.82) is 0 Å². The second-order valence-electron chi connectivity index (χ2n) is 9.70. The number of nitrogens with one attached hydrogen (secondary N) is 1. The molecule has 9 nitrogen and oxygen atoms in total. The van der Waals surface area contributed by atoms with Gasteiger partial charge in [0.2, 0.25) is 5.91 Å². The lowest BCUT2D eigenvalue weighted by Crippen LogP contribution is -2.51. The molecular formula is C26H33N7O2. The van der Waals surface area contributed by atoms with E-state index in [9.17, 15) is 9.59 Å². The highest BCUT2D eigenvalue weighted by Crippen LogP contribution is 2.41. The molecule has 9 heteroatoms. The molecule has 1 aliphatic heterocycles. The van der Waals surface area contributed by atoms with Crippen LogP contribution in [0.25, 0.3) is 16.9 Å². The van der Waals surface area contributed by atoms with E-state index in [0.29, 0.717) is 55.7 Å². The van der Waals surface area contributed by atoms with E-state index in [1.807, 2.05) is 43.0 Å². The van der Waals surface area contributed by atoms with Crippen LogP contribution in [0.2, 0.25) is 0 Å². The van der Waals surface area contributed by atoms with Crippen LogP contribution in [0, 0.1) is 6.92 Å². The van der Waals surface area contributed by atoms with Gasteiger partial charge < -0.3 is 10.2 Å². The lowest BCUT2D eigenvalue weighted by molar-refractivity contribution is -0.123. The zero-order valence-corrected chi connectivity index (χ0v) is 20.7. The molecule has 4 heterocycles. The molecule has 0 bridgehead atoms. The second kappa shape index (κ2) is 9.73. The van der Waals surface area contributed by atoms with Crippen LogP contribution in [-0.4, -0.2) is 80.1 Å². The third-order valence-electron chi connectivity index (χ3n) is 6.97. The fourth-order valence-electron chi connectivity index (χ4n) is 4.61. The highest BCUT2D eigenvalue weighted by Gasteiger charge is 2.31. The highest BCUT2D eigenvalue weighted by molar-refractivity contribution is 6.07. The van der Waals surface area contributed by atoms with E-state index < -0.39 is 0 Å². The fourth-order valence-corrected chi connectivity index (χ4v) is 4.61. The summed E-state index contributed by atoms with van der Waals surface area (Å²) < 4.78 is 1.75. The SMILES string of the molecule is CCC(C)NC(=O)CN1CCN(C(=O)c2cc(C3CC3)nc3c2c(C)nn3-c2ccccn2)CC1. The molecule has 0 radical (unpaired) electrons. The first-order valence-electron chi connectivity index (χ1n) is 12.6. The minimum atomic E-state index is 0.00618. The van der Waals surface area contributed by atoms with E-state index in [2.05, 4.69) is 22.1 Å². The Balaban J connectivity index is 1.38. The van der Waals surface area contributed by atoms with Crippen molar-refractivity contribution >= 4 is 22.8 Å². The minimum Gasteiger partial charge on any atom is -0.353 e. The van der Waals surface area contributed by atoms with Gasteiger partial charge in [0.25, 0.3) is 5.91 Å². The standard InChI is InChI=1S/C26H33N7O2/c1-4-17(2)28-23(34)16-31-11-13-32(14-12-31)26(35)20-15-21(19-8-9-19)29-25-24(20)18(3)30-33(25)22-7-5-6-10-27-22/h5-7,10,15,17,19H,4,8-9,11-14,16H2,1-3H3,(H,28,34). The number of fused-ring (bicyclic) bond motifs is 1. The van der Waals surface area contributed by atoms with Gasteiger partial charge in [-0.25, -0.2) is 9.97 Å². The summed E-state index contributed by atoms with van der Waals surface area (Å²) in [5.74, 6) is 1.14. The summed E-state index contributed by atoms with van der Waals surface area (Å²) in [6.45, 7) is 8.89. The third-order valence-corrected chi connectivity index (χ3v) is 6.97. The maximum atomic E-state index is 13.8. The predicted octanol–water partition coefficient (Wildman–Crippen LogP) is 2.67. The van der Waals surface area contributed by atoms with E-state index in [1.54, 1.807) is 10.9 Å². The summed E-state index contributed by atoms with van der Waals surface area (Å²) in [4.78, 5) is 39.4. The molecule has 2 amide bonds. The Morgan fingerprint density at radius 3 is 2.60 bits per heavy atom. The average Bonchev–Trinajstić information content (AvgIpc) is 3.67. The number of rotatable bonds is 7. The maximum Gasteiger partial charge on any atom is 0.254 e. The summed E-state index contributed by atoms with van der Waals surface area (Å²) in [6.07, 6.45) is 4.84. The van der Waals surface area contributed by atoms with Crippen LogP contribution in [0.15, 0.2) is 30.5 Å². The Morgan fingerprint density at radius 2 is 1.94 bits per heavy atom. The Kier molecular flexibility index (Phi) is 6.51.